The quantitative estimate of drug-likeness (QED) is 0.895. The Morgan fingerprint density at radius 2 is 2.33 bits per heavy atom. The first kappa shape index (κ1) is 13.8. The van der Waals surface area contributed by atoms with Gasteiger partial charge in [0.15, 0.2) is 0 Å². The number of phenols is 1. The van der Waals surface area contributed by atoms with Crippen molar-refractivity contribution in [3.8, 4) is 5.75 Å². The number of nitrogens with one attached hydrogen (secondary N) is 1. The van der Waals surface area contributed by atoms with E-state index in [-0.39, 0.29) is 12.1 Å². The molecule has 3 unspecified atom stereocenters. The van der Waals surface area contributed by atoms with Crippen LogP contribution in [0.2, 0.25) is 0 Å². The van der Waals surface area contributed by atoms with Crippen molar-refractivity contribution >= 4 is 15.9 Å². The van der Waals surface area contributed by atoms with Crippen LogP contribution in [0.5, 0.6) is 5.75 Å². The Labute approximate surface area is 117 Å². The molecule has 2 rings (SSSR count). The van der Waals surface area contributed by atoms with Gasteiger partial charge in [-0.3, -0.25) is 0 Å². The predicted octanol–water partition coefficient (Wildman–Crippen LogP) is 3.37. The van der Waals surface area contributed by atoms with Crippen LogP contribution in [0.1, 0.15) is 38.3 Å². The van der Waals surface area contributed by atoms with Crippen molar-refractivity contribution in [3.05, 3.63) is 28.2 Å². The molecule has 0 aromatic heterocycles. The van der Waals surface area contributed by atoms with Crippen molar-refractivity contribution in [3.63, 3.8) is 0 Å². The molecule has 1 heterocycles. The minimum Gasteiger partial charge on any atom is -0.508 e. The van der Waals surface area contributed by atoms with Crippen LogP contribution >= 0.6 is 15.9 Å². The molecule has 0 radical (unpaired) electrons. The molecular formula is C14H20BrNO2. The second kappa shape index (κ2) is 6.04. The number of ether oxygens (including phenoxy) is 1. The van der Waals surface area contributed by atoms with Gasteiger partial charge < -0.3 is 15.2 Å². The molecule has 1 saturated heterocycles. The standard InChI is InChI=1S/C14H20BrNO2/c1-3-12(16-13-6-7-18-9(13)2)11-8-10(15)4-5-14(11)17/h4-5,8-9,12-13,16-17H,3,6-7H2,1-2H3. The lowest BCUT2D eigenvalue weighted by Gasteiger charge is -2.25. The molecule has 18 heavy (non-hydrogen) atoms. The van der Waals surface area contributed by atoms with Gasteiger partial charge in [-0.15, -0.1) is 0 Å². The molecule has 1 aliphatic heterocycles. The van der Waals surface area contributed by atoms with E-state index in [0.717, 1.165) is 29.5 Å². The molecule has 0 spiro atoms. The zero-order valence-corrected chi connectivity index (χ0v) is 12.4. The van der Waals surface area contributed by atoms with Crippen LogP contribution in [0.25, 0.3) is 0 Å². The molecule has 100 valence electrons. The van der Waals surface area contributed by atoms with E-state index in [1.807, 2.05) is 12.1 Å². The Kier molecular flexibility index (Phi) is 4.65. The molecule has 0 amide bonds. The van der Waals surface area contributed by atoms with Gasteiger partial charge in [0.05, 0.1) is 6.10 Å². The van der Waals surface area contributed by atoms with Crippen molar-refractivity contribution in [1.29, 1.82) is 0 Å². The lowest BCUT2D eigenvalue weighted by atomic mass is 10.0. The highest BCUT2D eigenvalue weighted by Crippen LogP contribution is 2.30. The highest BCUT2D eigenvalue weighted by Gasteiger charge is 2.27. The van der Waals surface area contributed by atoms with E-state index in [9.17, 15) is 5.11 Å². The lowest BCUT2D eigenvalue weighted by molar-refractivity contribution is 0.110. The number of hydrogen-bond acceptors (Lipinski definition) is 3. The first-order valence-corrected chi connectivity index (χ1v) is 7.27. The highest BCUT2D eigenvalue weighted by atomic mass is 79.9. The molecule has 0 saturated carbocycles. The van der Waals surface area contributed by atoms with Crippen molar-refractivity contribution in [1.82, 2.24) is 5.32 Å². The van der Waals surface area contributed by atoms with Gasteiger partial charge in [0.1, 0.15) is 5.75 Å². The maximum atomic E-state index is 9.98. The Morgan fingerprint density at radius 3 is 2.94 bits per heavy atom. The first-order chi connectivity index (χ1) is 8.61. The Bertz CT molecular complexity index is 411. The molecular weight excluding hydrogens is 294 g/mol. The fourth-order valence-corrected chi connectivity index (χ4v) is 2.82. The van der Waals surface area contributed by atoms with E-state index in [4.69, 9.17) is 4.74 Å². The molecule has 2 N–H and O–H groups in total. The molecule has 0 bridgehead atoms. The normalized spacial score (nSPS) is 25.3. The summed E-state index contributed by atoms with van der Waals surface area (Å²) in [4.78, 5) is 0. The minimum absolute atomic E-state index is 0.164. The van der Waals surface area contributed by atoms with Crippen LogP contribution in [0.15, 0.2) is 22.7 Å². The van der Waals surface area contributed by atoms with Crippen molar-refractivity contribution < 1.29 is 9.84 Å². The number of benzene rings is 1. The maximum Gasteiger partial charge on any atom is 0.120 e. The number of rotatable bonds is 4. The third-order valence-corrected chi connectivity index (χ3v) is 4.06. The average Bonchev–Trinajstić information content (AvgIpc) is 2.75. The average molecular weight is 314 g/mol. The van der Waals surface area contributed by atoms with Gasteiger partial charge in [-0.25, -0.2) is 0 Å². The Hall–Kier alpha value is -0.580. The topological polar surface area (TPSA) is 41.5 Å². The molecule has 1 aliphatic rings. The van der Waals surface area contributed by atoms with Gasteiger partial charge in [0.25, 0.3) is 0 Å². The Balaban J connectivity index is 2.14. The van der Waals surface area contributed by atoms with Crippen LogP contribution in [-0.2, 0) is 4.74 Å². The summed E-state index contributed by atoms with van der Waals surface area (Å²) in [7, 11) is 0. The number of hydrogen-bond donors (Lipinski definition) is 2. The van der Waals surface area contributed by atoms with Crippen molar-refractivity contribution in [2.45, 2.75) is 44.9 Å². The van der Waals surface area contributed by atoms with Crippen LogP contribution in [-0.4, -0.2) is 23.9 Å². The summed E-state index contributed by atoms with van der Waals surface area (Å²) in [5, 5.41) is 13.6. The van der Waals surface area contributed by atoms with Crippen LogP contribution in [0, 0.1) is 0 Å². The van der Waals surface area contributed by atoms with E-state index < -0.39 is 0 Å². The van der Waals surface area contributed by atoms with Gasteiger partial charge in [-0.1, -0.05) is 22.9 Å². The zero-order valence-electron chi connectivity index (χ0n) is 10.8. The maximum absolute atomic E-state index is 9.98. The van der Waals surface area contributed by atoms with Gasteiger partial charge in [-0.2, -0.15) is 0 Å². The summed E-state index contributed by atoms with van der Waals surface area (Å²) >= 11 is 3.45. The van der Waals surface area contributed by atoms with Gasteiger partial charge in [-0.05, 0) is 38.0 Å². The fourth-order valence-electron chi connectivity index (χ4n) is 2.44. The molecule has 1 fully saturated rings. The third kappa shape index (κ3) is 3.05. The van der Waals surface area contributed by atoms with Gasteiger partial charge in [0, 0.05) is 28.7 Å². The zero-order chi connectivity index (χ0) is 13.1. The molecule has 4 heteroatoms. The fraction of sp³-hybridized carbons (Fsp3) is 0.571. The smallest absolute Gasteiger partial charge is 0.120 e. The summed E-state index contributed by atoms with van der Waals surface area (Å²) in [6.07, 6.45) is 2.22. The SMILES string of the molecule is CCC(NC1CCOC1C)c1cc(Br)ccc1O. The summed E-state index contributed by atoms with van der Waals surface area (Å²) in [5.41, 5.74) is 0.950. The minimum atomic E-state index is 0.164. The molecule has 1 aromatic rings. The molecule has 3 nitrogen and oxygen atoms in total. The van der Waals surface area contributed by atoms with E-state index in [1.165, 1.54) is 0 Å². The first-order valence-electron chi connectivity index (χ1n) is 6.48. The van der Waals surface area contributed by atoms with Crippen molar-refractivity contribution in [2.75, 3.05) is 6.61 Å². The van der Waals surface area contributed by atoms with Crippen LogP contribution < -0.4 is 5.32 Å². The highest BCUT2D eigenvalue weighted by molar-refractivity contribution is 9.10. The summed E-state index contributed by atoms with van der Waals surface area (Å²) < 4.78 is 6.56. The van der Waals surface area contributed by atoms with E-state index >= 15 is 0 Å². The summed E-state index contributed by atoms with van der Waals surface area (Å²) in [5.74, 6) is 0.351. The summed E-state index contributed by atoms with van der Waals surface area (Å²) in [6.45, 7) is 5.04. The van der Waals surface area contributed by atoms with E-state index in [1.54, 1.807) is 6.07 Å². The van der Waals surface area contributed by atoms with Gasteiger partial charge >= 0.3 is 0 Å². The second-order valence-electron chi connectivity index (χ2n) is 4.80. The van der Waals surface area contributed by atoms with Crippen molar-refractivity contribution in [2.24, 2.45) is 0 Å². The largest absolute Gasteiger partial charge is 0.508 e. The molecule has 1 aromatic carbocycles. The Morgan fingerprint density at radius 1 is 1.56 bits per heavy atom. The monoisotopic (exact) mass is 313 g/mol. The number of halogens is 1. The number of phenolic OH excluding ortho intramolecular Hbond substituents is 1. The number of aromatic hydroxyl groups is 1. The van der Waals surface area contributed by atoms with E-state index in [2.05, 4.69) is 35.1 Å². The second-order valence-corrected chi connectivity index (χ2v) is 5.72. The van der Waals surface area contributed by atoms with Crippen LogP contribution in [0.4, 0.5) is 0 Å². The van der Waals surface area contributed by atoms with Crippen LogP contribution in [0.3, 0.4) is 0 Å². The lowest BCUT2D eigenvalue weighted by Crippen LogP contribution is -2.37. The molecule has 3 atom stereocenters. The predicted molar refractivity (Wildman–Crippen MR) is 75.8 cm³/mol. The molecule has 0 aliphatic carbocycles. The van der Waals surface area contributed by atoms with E-state index in [0.29, 0.717) is 11.8 Å². The summed E-state index contributed by atoms with van der Waals surface area (Å²) in [6, 6.07) is 6.10. The van der Waals surface area contributed by atoms with Gasteiger partial charge in [0.2, 0.25) is 0 Å². The third-order valence-electron chi connectivity index (χ3n) is 3.56.